The lowest BCUT2D eigenvalue weighted by molar-refractivity contribution is -0.274. The molecule has 0 saturated heterocycles. The monoisotopic (exact) mass is 856 g/mol. The van der Waals surface area contributed by atoms with Crippen molar-refractivity contribution in [2.24, 2.45) is 51.8 Å². The van der Waals surface area contributed by atoms with E-state index in [0.717, 1.165) is 78.5 Å². The molecule has 1 amide bonds. The Morgan fingerprint density at radius 2 is 1.49 bits per heavy atom. The zero-order chi connectivity index (χ0) is 44.1. The molecule has 1 aromatic rings. The smallest absolute Gasteiger partial charge is 0.406 e. The van der Waals surface area contributed by atoms with Gasteiger partial charge in [-0.3, -0.25) is 9.52 Å². The normalized spacial score (nSPS) is 31.3. The molecule has 1 N–H and O–H groups in total. The molecule has 0 spiro atoms. The van der Waals surface area contributed by atoms with Gasteiger partial charge in [0.2, 0.25) is 5.91 Å². The molecular formula is C49H75F6NO2S. The minimum atomic E-state index is -4.70. The lowest BCUT2D eigenvalue weighted by Crippen LogP contribution is -2.52. The van der Waals surface area contributed by atoms with Crippen molar-refractivity contribution in [3.63, 3.8) is 0 Å². The SMILES string of the molecule is C=C/C=C(\C=C/C)C(F)(F)F.CC.CC12CCCCC1CCC1C2CCC2(C)C(CCCC(=O)NSc3ccc(OC(F)(F)F)cc3)CCC12.CC1CCCCC1(C)C. The minimum Gasteiger partial charge on any atom is -0.406 e. The van der Waals surface area contributed by atoms with Gasteiger partial charge in [0.15, 0.2) is 0 Å². The molecule has 0 aliphatic heterocycles. The largest absolute Gasteiger partial charge is 0.573 e. The first kappa shape index (κ1) is 51.0. The van der Waals surface area contributed by atoms with Crippen LogP contribution in [0.2, 0.25) is 0 Å². The van der Waals surface area contributed by atoms with Crippen LogP contribution < -0.4 is 9.46 Å². The Labute approximate surface area is 357 Å². The van der Waals surface area contributed by atoms with E-state index in [1.807, 2.05) is 13.8 Å². The predicted octanol–water partition coefficient (Wildman–Crippen LogP) is 16.4. The number of rotatable bonds is 9. The summed E-state index contributed by atoms with van der Waals surface area (Å²) in [5.74, 6) is 5.06. The van der Waals surface area contributed by atoms with Gasteiger partial charge in [-0.15, -0.1) is 13.2 Å². The van der Waals surface area contributed by atoms with Crippen molar-refractivity contribution in [1.29, 1.82) is 0 Å². The van der Waals surface area contributed by atoms with Crippen molar-refractivity contribution in [3.8, 4) is 5.75 Å². The number of ether oxygens (including phenoxy) is 1. The van der Waals surface area contributed by atoms with E-state index in [4.69, 9.17) is 0 Å². The van der Waals surface area contributed by atoms with Gasteiger partial charge < -0.3 is 4.74 Å². The zero-order valence-electron chi connectivity index (χ0n) is 37.3. The molecule has 10 heteroatoms. The highest BCUT2D eigenvalue weighted by Crippen LogP contribution is 2.68. The van der Waals surface area contributed by atoms with E-state index in [0.29, 0.717) is 27.6 Å². The van der Waals surface area contributed by atoms with Crippen LogP contribution in [0.1, 0.15) is 165 Å². The lowest BCUT2D eigenvalue weighted by Gasteiger charge is -2.60. The van der Waals surface area contributed by atoms with Crippen LogP contribution in [0.15, 0.2) is 65.6 Å². The Morgan fingerprint density at radius 1 is 0.847 bits per heavy atom. The number of hydrogen-bond acceptors (Lipinski definition) is 3. The summed E-state index contributed by atoms with van der Waals surface area (Å²) in [7, 11) is 0. The van der Waals surface area contributed by atoms with E-state index in [9.17, 15) is 31.1 Å². The predicted molar refractivity (Wildman–Crippen MR) is 233 cm³/mol. The first-order valence-corrected chi connectivity index (χ1v) is 23.4. The third-order valence-electron chi connectivity index (χ3n) is 15.1. The van der Waals surface area contributed by atoms with Crippen molar-refractivity contribution in [2.45, 2.75) is 182 Å². The van der Waals surface area contributed by atoms with Gasteiger partial charge in [-0.1, -0.05) is 111 Å². The zero-order valence-corrected chi connectivity index (χ0v) is 38.1. The molecule has 5 aliphatic carbocycles. The van der Waals surface area contributed by atoms with Gasteiger partial charge in [-0.25, -0.2) is 0 Å². The van der Waals surface area contributed by atoms with Crippen molar-refractivity contribution >= 4 is 17.9 Å². The van der Waals surface area contributed by atoms with Gasteiger partial charge in [0.05, 0.1) is 5.57 Å². The fourth-order valence-corrected chi connectivity index (χ4v) is 12.1. The van der Waals surface area contributed by atoms with Crippen LogP contribution in [0.25, 0.3) is 0 Å². The number of alkyl halides is 6. The van der Waals surface area contributed by atoms with Crippen molar-refractivity contribution < 1.29 is 35.9 Å². The van der Waals surface area contributed by atoms with E-state index in [1.165, 1.54) is 127 Å². The number of hydrogen-bond donors (Lipinski definition) is 1. The highest BCUT2D eigenvalue weighted by molar-refractivity contribution is 7.98. The van der Waals surface area contributed by atoms with Crippen LogP contribution in [0.3, 0.4) is 0 Å². The number of allylic oxidation sites excluding steroid dienone is 5. The molecule has 0 heterocycles. The van der Waals surface area contributed by atoms with Crippen LogP contribution in [-0.2, 0) is 4.79 Å². The van der Waals surface area contributed by atoms with Gasteiger partial charge in [0.25, 0.3) is 0 Å². The van der Waals surface area contributed by atoms with E-state index < -0.39 is 18.1 Å². The molecule has 0 bridgehead atoms. The number of carbonyl (C=O) groups is 1. The van der Waals surface area contributed by atoms with Crippen molar-refractivity contribution in [1.82, 2.24) is 4.72 Å². The molecule has 5 saturated carbocycles. The molecule has 8 unspecified atom stereocenters. The van der Waals surface area contributed by atoms with Gasteiger partial charge >= 0.3 is 12.5 Å². The lowest BCUT2D eigenvalue weighted by atomic mass is 9.45. The van der Waals surface area contributed by atoms with Crippen LogP contribution in [0.5, 0.6) is 5.75 Å². The molecular weight excluding hydrogens is 781 g/mol. The fraction of sp³-hybridized carbons (Fsp3) is 0.735. The molecule has 6 rings (SSSR count). The number of carbonyl (C=O) groups excluding carboxylic acids is 1. The van der Waals surface area contributed by atoms with Crippen molar-refractivity contribution in [3.05, 3.63) is 60.7 Å². The molecule has 5 fully saturated rings. The maximum atomic E-state index is 12.5. The number of fused-ring (bicyclic) bond motifs is 5. The highest BCUT2D eigenvalue weighted by Gasteiger charge is 2.59. The van der Waals surface area contributed by atoms with Gasteiger partial charge in [0.1, 0.15) is 5.75 Å². The Morgan fingerprint density at radius 3 is 2.07 bits per heavy atom. The van der Waals surface area contributed by atoms with Crippen LogP contribution >= 0.6 is 11.9 Å². The average Bonchev–Trinajstić information content (AvgIpc) is 3.51. The van der Waals surface area contributed by atoms with Crippen LogP contribution in [0, 0.1) is 51.8 Å². The van der Waals surface area contributed by atoms with Crippen LogP contribution in [0.4, 0.5) is 26.3 Å². The molecule has 3 nitrogen and oxygen atoms in total. The summed E-state index contributed by atoms with van der Waals surface area (Å²) >= 11 is 1.14. The summed E-state index contributed by atoms with van der Waals surface area (Å²) in [5.41, 5.74) is 0.972. The maximum absolute atomic E-state index is 12.5. The molecule has 336 valence electrons. The van der Waals surface area contributed by atoms with Gasteiger partial charge in [0, 0.05) is 11.3 Å². The Balaban J connectivity index is 0.000000346. The van der Waals surface area contributed by atoms with E-state index in [2.05, 4.69) is 50.7 Å². The Kier molecular flexibility index (Phi) is 19.6. The Bertz CT molecular complexity index is 1500. The second-order valence-electron chi connectivity index (χ2n) is 18.8. The minimum absolute atomic E-state index is 0.0208. The summed E-state index contributed by atoms with van der Waals surface area (Å²) in [4.78, 5) is 13.1. The number of amides is 1. The van der Waals surface area contributed by atoms with E-state index >= 15 is 0 Å². The molecule has 8 atom stereocenters. The van der Waals surface area contributed by atoms with E-state index in [-0.39, 0.29) is 11.7 Å². The quantitative estimate of drug-likeness (QED) is 0.153. The standard InChI is InChI=1S/C30H42F3NO2S.C9H18.C8H9F3.C2H6/c1-28-18-4-3-6-20(28)9-15-24-25-16-10-21(29(25,2)19-17-26(24)28)7-5-8-27(35)34-37-23-13-11-22(12-14-23)36-30(31,32)33;1-8-6-4-5-7-9(8,2)3;1-3-5-7(6-4-2)8(9,10)11;1-2/h11-14,20-21,24-26H,3-10,15-19H2,1-2H3,(H,34,35);8H,4-7H2,1-3H3;3-6H,1H2,2H3;1-2H3/b;;6-4-,7-5+;. The average molecular weight is 856 g/mol. The summed E-state index contributed by atoms with van der Waals surface area (Å²) in [6.07, 6.45) is 17.8. The Hall–Kier alpha value is -2.36. The summed E-state index contributed by atoms with van der Waals surface area (Å²) < 4.78 is 79.4. The maximum Gasteiger partial charge on any atom is 0.573 e. The highest BCUT2D eigenvalue weighted by atomic mass is 32.2. The fourth-order valence-electron chi connectivity index (χ4n) is 11.5. The number of benzene rings is 1. The first-order chi connectivity index (χ1) is 27.7. The van der Waals surface area contributed by atoms with Gasteiger partial charge in [-0.2, -0.15) is 13.2 Å². The third kappa shape index (κ3) is 14.3. The number of nitrogens with one attached hydrogen (secondary N) is 1. The first-order valence-electron chi connectivity index (χ1n) is 22.6. The molecule has 0 aromatic heterocycles. The molecule has 59 heavy (non-hydrogen) atoms. The van der Waals surface area contributed by atoms with Gasteiger partial charge in [-0.05, 0) is 166 Å². The molecule has 0 radical (unpaired) electrons. The number of halogens is 6. The molecule has 1 aromatic carbocycles. The molecule has 5 aliphatic rings. The summed E-state index contributed by atoms with van der Waals surface area (Å²) in [5, 5.41) is 0. The van der Waals surface area contributed by atoms with Crippen LogP contribution in [-0.4, -0.2) is 18.4 Å². The van der Waals surface area contributed by atoms with E-state index in [1.54, 1.807) is 0 Å². The second kappa shape index (κ2) is 22.6. The third-order valence-corrected chi connectivity index (χ3v) is 15.9. The second-order valence-corrected chi connectivity index (χ2v) is 19.6. The topological polar surface area (TPSA) is 38.3 Å². The summed E-state index contributed by atoms with van der Waals surface area (Å²) in [6, 6.07) is 5.55. The van der Waals surface area contributed by atoms with Crippen molar-refractivity contribution in [2.75, 3.05) is 0 Å². The summed E-state index contributed by atoms with van der Waals surface area (Å²) in [6.45, 7) is 21.1.